The molecule has 0 aliphatic heterocycles. The van der Waals surface area contributed by atoms with Crippen molar-refractivity contribution in [3.05, 3.63) is 23.3 Å². The third kappa shape index (κ3) is 5.20. The highest BCUT2D eigenvalue weighted by atomic mass is 16.5. The van der Waals surface area contributed by atoms with Gasteiger partial charge in [0.05, 0.1) is 6.10 Å². The highest BCUT2D eigenvalue weighted by Crippen LogP contribution is 2.54. The standard InChI is InChI=1S/C22H35NO2/c1-15(2)5-4-6-16(3)7-8-23-21(24)14-25-22-19-10-17-9-18(12-19)13-20(22)11-17/h5,7,17-20,22H,4,6,8-14H2,1-3H3,(H,23,24)/b16-7+. The molecule has 0 radical (unpaired) electrons. The number of hydrogen-bond donors (Lipinski definition) is 1. The molecule has 0 aromatic carbocycles. The van der Waals surface area contributed by atoms with E-state index in [4.69, 9.17) is 4.74 Å². The van der Waals surface area contributed by atoms with Crippen molar-refractivity contribution in [1.82, 2.24) is 5.32 Å². The average Bonchev–Trinajstić information content (AvgIpc) is 2.53. The molecule has 1 amide bonds. The quantitative estimate of drug-likeness (QED) is 0.651. The van der Waals surface area contributed by atoms with Gasteiger partial charge in [-0.05, 0) is 89.4 Å². The first-order chi connectivity index (χ1) is 12.0. The molecule has 4 fully saturated rings. The van der Waals surface area contributed by atoms with Gasteiger partial charge in [-0.3, -0.25) is 4.79 Å². The Hall–Kier alpha value is -1.09. The SMILES string of the molecule is CC(C)=CCC/C(C)=C/CNC(=O)COC1C2CC3CC(C2)CC1C3. The second-order valence-corrected chi connectivity index (χ2v) is 8.88. The molecule has 4 bridgehead atoms. The topological polar surface area (TPSA) is 38.3 Å². The summed E-state index contributed by atoms with van der Waals surface area (Å²) in [6, 6.07) is 0. The minimum atomic E-state index is 0.0298. The number of nitrogens with one attached hydrogen (secondary N) is 1. The zero-order chi connectivity index (χ0) is 17.8. The Labute approximate surface area is 153 Å². The molecule has 1 N–H and O–H groups in total. The van der Waals surface area contributed by atoms with Gasteiger partial charge in [-0.1, -0.05) is 23.3 Å². The number of rotatable bonds is 8. The summed E-state index contributed by atoms with van der Waals surface area (Å²) in [7, 11) is 0. The maximum absolute atomic E-state index is 12.1. The fraction of sp³-hybridized carbons (Fsp3) is 0.773. The third-order valence-electron chi connectivity index (χ3n) is 6.39. The van der Waals surface area contributed by atoms with Crippen LogP contribution in [0, 0.1) is 23.7 Å². The maximum atomic E-state index is 12.1. The molecule has 0 aromatic rings. The molecular weight excluding hydrogens is 310 g/mol. The summed E-state index contributed by atoms with van der Waals surface area (Å²) in [6.45, 7) is 7.24. The fourth-order valence-electron chi connectivity index (χ4n) is 5.40. The van der Waals surface area contributed by atoms with Gasteiger partial charge in [-0.2, -0.15) is 0 Å². The number of allylic oxidation sites excluding steroid dienone is 3. The second kappa shape index (κ2) is 8.53. The molecule has 4 aliphatic carbocycles. The van der Waals surface area contributed by atoms with E-state index >= 15 is 0 Å². The van der Waals surface area contributed by atoms with E-state index in [1.165, 1.54) is 43.3 Å². The van der Waals surface area contributed by atoms with Gasteiger partial charge in [-0.15, -0.1) is 0 Å². The van der Waals surface area contributed by atoms with Crippen molar-refractivity contribution in [2.75, 3.05) is 13.2 Å². The van der Waals surface area contributed by atoms with Crippen LogP contribution in [0.25, 0.3) is 0 Å². The number of hydrogen-bond acceptors (Lipinski definition) is 2. The van der Waals surface area contributed by atoms with Gasteiger partial charge in [0, 0.05) is 6.54 Å². The van der Waals surface area contributed by atoms with Crippen molar-refractivity contribution in [3.8, 4) is 0 Å². The van der Waals surface area contributed by atoms with E-state index in [0.717, 1.165) is 36.5 Å². The first-order valence-corrected chi connectivity index (χ1v) is 10.2. The zero-order valence-corrected chi connectivity index (χ0v) is 16.2. The maximum Gasteiger partial charge on any atom is 0.246 e. The van der Waals surface area contributed by atoms with Gasteiger partial charge in [0.15, 0.2) is 0 Å². The minimum Gasteiger partial charge on any atom is -0.368 e. The molecule has 0 aromatic heterocycles. The molecule has 0 spiro atoms. The molecule has 0 unspecified atom stereocenters. The predicted octanol–water partition coefficient (Wildman–Crippen LogP) is 4.64. The van der Waals surface area contributed by atoms with Crippen LogP contribution >= 0.6 is 0 Å². The molecule has 25 heavy (non-hydrogen) atoms. The van der Waals surface area contributed by atoms with Crippen LogP contribution in [0.15, 0.2) is 23.3 Å². The van der Waals surface area contributed by atoms with Crippen LogP contribution in [0.4, 0.5) is 0 Å². The summed E-state index contributed by atoms with van der Waals surface area (Å²) in [5.74, 6) is 3.39. The Morgan fingerprint density at radius 1 is 1.00 bits per heavy atom. The Bertz CT molecular complexity index is 502. The number of carbonyl (C=O) groups excluding carboxylic acids is 1. The van der Waals surface area contributed by atoms with Crippen LogP contribution in [0.5, 0.6) is 0 Å². The largest absolute Gasteiger partial charge is 0.368 e. The van der Waals surface area contributed by atoms with Crippen molar-refractivity contribution in [1.29, 1.82) is 0 Å². The lowest BCUT2D eigenvalue weighted by molar-refractivity contribution is -0.146. The zero-order valence-electron chi connectivity index (χ0n) is 16.2. The van der Waals surface area contributed by atoms with Crippen molar-refractivity contribution < 1.29 is 9.53 Å². The van der Waals surface area contributed by atoms with Crippen molar-refractivity contribution >= 4 is 5.91 Å². The van der Waals surface area contributed by atoms with Gasteiger partial charge < -0.3 is 10.1 Å². The lowest BCUT2D eigenvalue weighted by atomic mass is 9.55. The van der Waals surface area contributed by atoms with Crippen molar-refractivity contribution in [2.24, 2.45) is 23.7 Å². The van der Waals surface area contributed by atoms with Gasteiger partial charge in [0.1, 0.15) is 6.61 Å². The smallest absolute Gasteiger partial charge is 0.246 e. The van der Waals surface area contributed by atoms with Crippen molar-refractivity contribution in [2.45, 2.75) is 71.8 Å². The summed E-state index contributed by atoms with van der Waals surface area (Å²) in [6.07, 6.45) is 13.7. The van der Waals surface area contributed by atoms with Crippen LogP contribution in [0.2, 0.25) is 0 Å². The summed E-state index contributed by atoms with van der Waals surface area (Å²) >= 11 is 0. The van der Waals surface area contributed by atoms with Crippen LogP contribution in [0.1, 0.15) is 65.7 Å². The lowest BCUT2D eigenvalue weighted by Crippen LogP contribution is -2.50. The average molecular weight is 346 g/mol. The van der Waals surface area contributed by atoms with Crippen molar-refractivity contribution in [3.63, 3.8) is 0 Å². The Balaban J connectivity index is 1.34. The Morgan fingerprint density at radius 2 is 1.64 bits per heavy atom. The van der Waals surface area contributed by atoms with E-state index in [0.29, 0.717) is 12.6 Å². The predicted molar refractivity (Wildman–Crippen MR) is 102 cm³/mol. The number of ether oxygens (including phenoxy) is 1. The number of amides is 1. The van der Waals surface area contributed by atoms with Crippen LogP contribution < -0.4 is 5.32 Å². The van der Waals surface area contributed by atoms with E-state index in [-0.39, 0.29) is 12.5 Å². The highest BCUT2D eigenvalue weighted by molar-refractivity contribution is 5.77. The Kier molecular flexibility index (Phi) is 6.38. The van der Waals surface area contributed by atoms with E-state index in [2.05, 4.69) is 38.2 Å². The van der Waals surface area contributed by atoms with E-state index < -0.39 is 0 Å². The van der Waals surface area contributed by atoms with E-state index in [9.17, 15) is 4.79 Å². The molecule has 0 saturated heterocycles. The van der Waals surface area contributed by atoms with Gasteiger partial charge in [-0.25, -0.2) is 0 Å². The van der Waals surface area contributed by atoms with E-state index in [1.807, 2.05) is 0 Å². The van der Waals surface area contributed by atoms with E-state index in [1.54, 1.807) is 0 Å². The molecule has 0 atom stereocenters. The second-order valence-electron chi connectivity index (χ2n) is 8.88. The highest BCUT2D eigenvalue weighted by Gasteiger charge is 2.48. The summed E-state index contributed by atoms with van der Waals surface area (Å²) < 4.78 is 6.09. The first kappa shape index (κ1) is 18.7. The van der Waals surface area contributed by atoms with Gasteiger partial charge in [0.2, 0.25) is 5.91 Å². The fourth-order valence-corrected chi connectivity index (χ4v) is 5.40. The van der Waals surface area contributed by atoms with Crippen LogP contribution in [-0.4, -0.2) is 25.2 Å². The molecule has 0 heterocycles. The van der Waals surface area contributed by atoms with Gasteiger partial charge >= 0.3 is 0 Å². The summed E-state index contributed by atoms with van der Waals surface area (Å²) in [5, 5.41) is 2.98. The summed E-state index contributed by atoms with van der Waals surface area (Å²) in [4.78, 5) is 12.1. The lowest BCUT2D eigenvalue weighted by Gasteiger charge is -2.53. The molecule has 3 heteroatoms. The molecular formula is C22H35NO2. The van der Waals surface area contributed by atoms with Crippen LogP contribution in [0.3, 0.4) is 0 Å². The monoisotopic (exact) mass is 345 g/mol. The Morgan fingerprint density at radius 3 is 2.24 bits per heavy atom. The number of carbonyl (C=O) groups is 1. The first-order valence-electron chi connectivity index (χ1n) is 10.2. The molecule has 140 valence electrons. The summed E-state index contributed by atoms with van der Waals surface area (Å²) in [5.41, 5.74) is 2.70. The third-order valence-corrected chi connectivity index (χ3v) is 6.39. The van der Waals surface area contributed by atoms with Gasteiger partial charge in [0.25, 0.3) is 0 Å². The normalized spacial score (nSPS) is 33.4. The minimum absolute atomic E-state index is 0.0298. The molecule has 4 aliphatic rings. The molecule has 4 rings (SSSR count). The molecule has 3 nitrogen and oxygen atoms in total. The molecule has 4 saturated carbocycles. The van der Waals surface area contributed by atoms with Crippen LogP contribution in [-0.2, 0) is 9.53 Å².